The number of carbonyl (C=O) groups is 1. The summed E-state index contributed by atoms with van der Waals surface area (Å²) in [5, 5.41) is 0. The quantitative estimate of drug-likeness (QED) is 0.568. The fourth-order valence-corrected chi connectivity index (χ4v) is 1.47. The van der Waals surface area contributed by atoms with Gasteiger partial charge in [0.05, 0.1) is 12.9 Å². The number of carbonyl (C=O) groups excluding carboxylic acids is 1. The van der Waals surface area contributed by atoms with E-state index in [4.69, 9.17) is 4.74 Å². The smallest absolute Gasteiger partial charge is 0.133 e. The summed E-state index contributed by atoms with van der Waals surface area (Å²) in [6, 6.07) is 0. The van der Waals surface area contributed by atoms with Crippen molar-refractivity contribution >= 4 is 5.78 Å². The molecule has 1 saturated carbocycles. The molecule has 0 radical (unpaired) electrons. The number of hydrogen-bond donors (Lipinski definition) is 0. The van der Waals surface area contributed by atoms with E-state index >= 15 is 0 Å². The molecule has 1 aliphatic rings. The van der Waals surface area contributed by atoms with Crippen LogP contribution in [0.2, 0.25) is 0 Å². The van der Waals surface area contributed by atoms with Gasteiger partial charge in [0.15, 0.2) is 0 Å². The molecule has 0 aromatic carbocycles. The number of rotatable bonds is 2. The predicted octanol–water partition coefficient (Wildman–Crippen LogP) is 1.91. The molecule has 2 nitrogen and oxygen atoms in total. The van der Waals surface area contributed by atoms with Crippen molar-refractivity contribution in [1.29, 1.82) is 0 Å². The molecule has 2 heteroatoms. The van der Waals surface area contributed by atoms with E-state index in [9.17, 15) is 4.79 Å². The first kappa shape index (κ1) is 8.31. The fourth-order valence-electron chi connectivity index (χ4n) is 1.47. The Bertz CT molecular complexity index is 172. The summed E-state index contributed by atoms with van der Waals surface area (Å²) >= 11 is 0. The lowest BCUT2D eigenvalue weighted by atomic mass is 9.87. The van der Waals surface area contributed by atoms with E-state index in [1.807, 2.05) is 0 Å². The molecule has 0 N–H and O–H groups in total. The van der Waals surface area contributed by atoms with Crippen molar-refractivity contribution < 1.29 is 9.53 Å². The van der Waals surface area contributed by atoms with Gasteiger partial charge in [0.25, 0.3) is 0 Å². The normalized spacial score (nSPS) is 24.8. The average molecular weight is 154 g/mol. The Balaban J connectivity index is 2.45. The summed E-state index contributed by atoms with van der Waals surface area (Å²) in [5.74, 6) is 1.39. The van der Waals surface area contributed by atoms with Gasteiger partial charge in [0, 0.05) is 18.8 Å². The van der Waals surface area contributed by atoms with E-state index in [-0.39, 0.29) is 5.92 Å². The predicted molar refractivity (Wildman–Crippen MR) is 43.1 cm³/mol. The summed E-state index contributed by atoms with van der Waals surface area (Å²) in [4.78, 5) is 11.0. The molecular formula is C9H14O2. The maximum absolute atomic E-state index is 11.0. The molecule has 0 amide bonds. The molecule has 0 bridgehead atoms. The Hall–Kier alpha value is -0.790. The highest BCUT2D eigenvalue weighted by Gasteiger charge is 2.21. The molecule has 1 atom stereocenters. The fraction of sp³-hybridized carbons (Fsp3) is 0.667. The lowest BCUT2D eigenvalue weighted by Crippen LogP contribution is -2.16. The molecule has 1 fully saturated rings. The van der Waals surface area contributed by atoms with Gasteiger partial charge >= 0.3 is 0 Å². The molecule has 0 aromatic rings. The minimum Gasteiger partial charge on any atom is -0.501 e. The van der Waals surface area contributed by atoms with Crippen molar-refractivity contribution in [3.05, 3.63) is 12.3 Å². The zero-order chi connectivity index (χ0) is 8.27. The van der Waals surface area contributed by atoms with Gasteiger partial charge in [-0.05, 0) is 12.8 Å². The maximum atomic E-state index is 11.0. The molecule has 1 aliphatic carbocycles. The third-order valence-electron chi connectivity index (χ3n) is 2.20. The van der Waals surface area contributed by atoms with Crippen LogP contribution < -0.4 is 0 Å². The number of hydrogen-bond acceptors (Lipinski definition) is 2. The van der Waals surface area contributed by atoms with Crippen LogP contribution in [0.25, 0.3) is 0 Å². The Morgan fingerprint density at radius 2 is 2.45 bits per heavy atom. The summed E-state index contributed by atoms with van der Waals surface area (Å²) in [5.41, 5.74) is 0. The molecule has 0 aromatic heterocycles. The van der Waals surface area contributed by atoms with Gasteiger partial charge in [0.1, 0.15) is 5.78 Å². The third kappa shape index (κ3) is 2.07. The summed E-state index contributed by atoms with van der Waals surface area (Å²) < 4.78 is 4.99. The zero-order valence-corrected chi connectivity index (χ0v) is 6.93. The summed E-state index contributed by atoms with van der Waals surface area (Å²) in [6.45, 7) is 3.76. The van der Waals surface area contributed by atoms with Gasteiger partial charge in [-0.25, -0.2) is 0 Å². The summed E-state index contributed by atoms with van der Waals surface area (Å²) in [6.07, 6.45) is 3.42. The number of methoxy groups -OCH3 is 1. The highest BCUT2D eigenvalue weighted by Crippen LogP contribution is 2.26. The van der Waals surface area contributed by atoms with Crippen LogP contribution in [-0.2, 0) is 9.53 Å². The molecule has 0 heterocycles. The Labute approximate surface area is 67.2 Å². The Morgan fingerprint density at radius 3 is 3.00 bits per heavy atom. The lowest BCUT2D eigenvalue weighted by molar-refractivity contribution is -0.121. The second-order valence-corrected chi connectivity index (χ2v) is 3.00. The molecule has 0 spiro atoms. The lowest BCUT2D eigenvalue weighted by Gasteiger charge is -2.21. The van der Waals surface area contributed by atoms with Crippen LogP contribution in [0.3, 0.4) is 0 Å². The number of Topliss-reactive ketones (excluding diaryl/α,β-unsaturated/α-hetero) is 1. The van der Waals surface area contributed by atoms with Crippen LogP contribution in [0.1, 0.15) is 25.7 Å². The van der Waals surface area contributed by atoms with Gasteiger partial charge in [-0.3, -0.25) is 4.79 Å². The highest BCUT2D eigenvalue weighted by molar-refractivity contribution is 5.79. The molecular weight excluding hydrogens is 140 g/mol. The van der Waals surface area contributed by atoms with Crippen molar-refractivity contribution in [1.82, 2.24) is 0 Å². The number of ketones is 1. The second kappa shape index (κ2) is 3.56. The SMILES string of the molecule is C=C(OC)C1CCCC(=O)C1. The largest absolute Gasteiger partial charge is 0.501 e. The first-order chi connectivity index (χ1) is 5.24. The zero-order valence-electron chi connectivity index (χ0n) is 6.93. The average Bonchev–Trinajstić information content (AvgIpc) is 2.03. The van der Waals surface area contributed by atoms with Crippen LogP contribution in [0, 0.1) is 5.92 Å². The molecule has 62 valence electrons. The first-order valence-corrected chi connectivity index (χ1v) is 3.98. The van der Waals surface area contributed by atoms with Gasteiger partial charge in [0.2, 0.25) is 0 Å². The van der Waals surface area contributed by atoms with Crippen molar-refractivity contribution in [3.8, 4) is 0 Å². The van der Waals surface area contributed by atoms with Crippen LogP contribution in [0.4, 0.5) is 0 Å². The van der Waals surface area contributed by atoms with Crippen LogP contribution in [0.15, 0.2) is 12.3 Å². The van der Waals surface area contributed by atoms with E-state index in [0.717, 1.165) is 25.0 Å². The van der Waals surface area contributed by atoms with E-state index in [0.29, 0.717) is 12.2 Å². The van der Waals surface area contributed by atoms with Crippen molar-refractivity contribution in [2.45, 2.75) is 25.7 Å². The van der Waals surface area contributed by atoms with E-state index in [1.165, 1.54) is 0 Å². The van der Waals surface area contributed by atoms with Crippen molar-refractivity contribution in [3.63, 3.8) is 0 Å². The van der Waals surface area contributed by atoms with E-state index < -0.39 is 0 Å². The highest BCUT2D eigenvalue weighted by atomic mass is 16.5. The molecule has 0 aliphatic heterocycles. The standard InChI is InChI=1S/C9H14O2/c1-7(11-2)8-4-3-5-9(10)6-8/h8H,1,3-6H2,2H3. The van der Waals surface area contributed by atoms with Crippen molar-refractivity contribution in [2.75, 3.05) is 7.11 Å². The summed E-state index contributed by atoms with van der Waals surface area (Å²) in [7, 11) is 1.61. The number of ether oxygens (including phenoxy) is 1. The van der Waals surface area contributed by atoms with Gasteiger partial charge in [-0.1, -0.05) is 6.58 Å². The Kier molecular flexibility index (Phi) is 2.69. The molecule has 1 rings (SSSR count). The minimum atomic E-state index is 0.279. The van der Waals surface area contributed by atoms with Crippen molar-refractivity contribution in [2.24, 2.45) is 5.92 Å². The van der Waals surface area contributed by atoms with Gasteiger partial charge in [-0.2, -0.15) is 0 Å². The molecule has 11 heavy (non-hydrogen) atoms. The Morgan fingerprint density at radius 1 is 1.73 bits per heavy atom. The number of allylic oxidation sites excluding steroid dienone is 1. The van der Waals surface area contributed by atoms with Gasteiger partial charge in [-0.15, -0.1) is 0 Å². The second-order valence-electron chi connectivity index (χ2n) is 3.00. The monoisotopic (exact) mass is 154 g/mol. The minimum absolute atomic E-state index is 0.279. The van der Waals surface area contributed by atoms with E-state index in [2.05, 4.69) is 6.58 Å². The van der Waals surface area contributed by atoms with Crippen LogP contribution >= 0.6 is 0 Å². The topological polar surface area (TPSA) is 26.3 Å². The third-order valence-corrected chi connectivity index (χ3v) is 2.20. The van der Waals surface area contributed by atoms with Crippen LogP contribution in [0.5, 0.6) is 0 Å². The maximum Gasteiger partial charge on any atom is 0.133 e. The molecule has 1 unspecified atom stereocenters. The first-order valence-electron chi connectivity index (χ1n) is 3.98. The van der Waals surface area contributed by atoms with E-state index in [1.54, 1.807) is 7.11 Å². The van der Waals surface area contributed by atoms with Gasteiger partial charge < -0.3 is 4.74 Å². The van der Waals surface area contributed by atoms with Crippen LogP contribution in [-0.4, -0.2) is 12.9 Å². The molecule has 0 saturated heterocycles.